The van der Waals surface area contributed by atoms with E-state index in [1.54, 1.807) is 32.2 Å². The zero-order chi connectivity index (χ0) is 19.7. The first-order chi connectivity index (χ1) is 13.6. The van der Waals surface area contributed by atoms with E-state index in [4.69, 9.17) is 26.1 Å². The van der Waals surface area contributed by atoms with Gasteiger partial charge in [-0.15, -0.1) is 0 Å². The van der Waals surface area contributed by atoms with Gasteiger partial charge in [-0.2, -0.15) is 0 Å². The van der Waals surface area contributed by atoms with Gasteiger partial charge in [0.2, 0.25) is 0 Å². The number of hydrogen-bond acceptors (Lipinski definition) is 5. The zero-order valence-electron chi connectivity index (χ0n) is 15.8. The van der Waals surface area contributed by atoms with Crippen LogP contribution in [0.1, 0.15) is 13.3 Å². The van der Waals surface area contributed by atoms with E-state index in [1.807, 2.05) is 30.3 Å². The van der Waals surface area contributed by atoms with Crippen molar-refractivity contribution < 1.29 is 9.47 Å². The SMILES string of the molecule is COc1cc(-c2[nH]c3c(c2Sc2ccc(Cl)cc2)=CCC(C)N=3)cnc1OC. The van der Waals surface area contributed by atoms with Gasteiger partial charge in [0, 0.05) is 31.8 Å². The first-order valence-electron chi connectivity index (χ1n) is 8.91. The van der Waals surface area contributed by atoms with Crippen LogP contribution in [0.4, 0.5) is 0 Å². The number of aromatic amines is 1. The second-order valence-electron chi connectivity index (χ2n) is 6.50. The van der Waals surface area contributed by atoms with Crippen molar-refractivity contribution in [2.24, 2.45) is 4.99 Å². The normalized spacial score (nSPS) is 15.4. The van der Waals surface area contributed by atoms with Crippen LogP contribution in [0.3, 0.4) is 0 Å². The maximum atomic E-state index is 6.04. The van der Waals surface area contributed by atoms with Crippen LogP contribution in [0.2, 0.25) is 5.02 Å². The maximum Gasteiger partial charge on any atom is 0.256 e. The Balaban J connectivity index is 1.88. The lowest BCUT2D eigenvalue weighted by atomic mass is 10.1. The van der Waals surface area contributed by atoms with Gasteiger partial charge in [0.25, 0.3) is 5.88 Å². The Morgan fingerprint density at radius 3 is 2.68 bits per heavy atom. The Labute approximate surface area is 172 Å². The van der Waals surface area contributed by atoms with E-state index < -0.39 is 0 Å². The van der Waals surface area contributed by atoms with Crippen molar-refractivity contribution in [1.82, 2.24) is 9.97 Å². The summed E-state index contributed by atoms with van der Waals surface area (Å²) >= 11 is 7.73. The molecule has 28 heavy (non-hydrogen) atoms. The summed E-state index contributed by atoms with van der Waals surface area (Å²) in [4.78, 5) is 14.9. The highest BCUT2D eigenvalue weighted by Crippen LogP contribution is 2.35. The molecule has 0 bridgehead atoms. The maximum absolute atomic E-state index is 6.04. The molecule has 4 rings (SSSR count). The van der Waals surface area contributed by atoms with Crippen molar-refractivity contribution in [3.05, 3.63) is 52.3 Å². The average molecular weight is 414 g/mol. The molecule has 1 aromatic carbocycles. The lowest BCUT2D eigenvalue weighted by molar-refractivity contribution is 0.343. The van der Waals surface area contributed by atoms with Gasteiger partial charge in [-0.3, -0.25) is 4.99 Å². The number of fused-ring (bicyclic) bond motifs is 1. The van der Waals surface area contributed by atoms with Gasteiger partial charge in [0.15, 0.2) is 5.75 Å². The van der Waals surface area contributed by atoms with Gasteiger partial charge >= 0.3 is 0 Å². The summed E-state index contributed by atoms with van der Waals surface area (Å²) in [6.07, 6.45) is 4.95. The highest BCUT2D eigenvalue weighted by Gasteiger charge is 2.18. The number of aromatic nitrogens is 2. The molecular formula is C21H20ClN3O2S. The second-order valence-corrected chi connectivity index (χ2v) is 8.02. The van der Waals surface area contributed by atoms with Gasteiger partial charge in [0.1, 0.15) is 5.49 Å². The van der Waals surface area contributed by atoms with Crippen LogP contribution in [0.15, 0.2) is 51.3 Å². The summed E-state index contributed by atoms with van der Waals surface area (Å²) < 4.78 is 10.7. The van der Waals surface area contributed by atoms with E-state index in [0.29, 0.717) is 11.6 Å². The molecule has 1 atom stereocenters. The summed E-state index contributed by atoms with van der Waals surface area (Å²) in [5.41, 5.74) is 2.78. The Morgan fingerprint density at radius 1 is 1.18 bits per heavy atom. The molecule has 1 aliphatic heterocycles. The molecule has 0 aliphatic carbocycles. The van der Waals surface area contributed by atoms with Crippen LogP contribution in [0.5, 0.6) is 11.6 Å². The quantitative estimate of drug-likeness (QED) is 0.684. The third-order valence-electron chi connectivity index (χ3n) is 4.54. The molecular weight excluding hydrogens is 394 g/mol. The lowest BCUT2D eigenvalue weighted by Gasteiger charge is -2.09. The molecule has 0 fully saturated rings. The Hall–Kier alpha value is -2.44. The van der Waals surface area contributed by atoms with E-state index in [2.05, 4.69) is 23.0 Å². The number of ether oxygens (including phenoxy) is 2. The largest absolute Gasteiger partial charge is 0.491 e. The molecule has 0 amide bonds. The molecule has 0 saturated heterocycles. The Kier molecular flexibility index (Phi) is 5.33. The minimum atomic E-state index is 0.260. The van der Waals surface area contributed by atoms with E-state index >= 15 is 0 Å². The number of nitrogens with zero attached hydrogens (tertiary/aromatic N) is 2. The fourth-order valence-electron chi connectivity index (χ4n) is 3.14. The fraction of sp³-hybridized carbons (Fsp3) is 0.238. The van der Waals surface area contributed by atoms with Crippen molar-refractivity contribution in [2.45, 2.75) is 29.2 Å². The van der Waals surface area contributed by atoms with Crippen molar-refractivity contribution >= 4 is 29.4 Å². The number of methoxy groups -OCH3 is 2. The third-order valence-corrected chi connectivity index (χ3v) is 5.92. The number of rotatable bonds is 5. The van der Waals surface area contributed by atoms with Crippen LogP contribution in [-0.4, -0.2) is 30.2 Å². The van der Waals surface area contributed by atoms with E-state index in [0.717, 1.165) is 43.2 Å². The topological polar surface area (TPSA) is 59.5 Å². The first-order valence-corrected chi connectivity index (χ1v) is 10.1. The van der Waals surface area contributed by atoms with Crippen LogP contribution in [0, 0.1) is 0 Å². The lowest BCUT2D eigenvalue weighted by Crippen LogP contribution is -2.29. The zero-order valence-corrected chi connectivity index (χ0v) is 17.4. The van der Waals surface area contributed by atoms with Crippen LogP contribution >= 0.6 is 23.4 Å². The van der Waals surface area contributed by atoms with Crippen molar-refractivity contribution in [3.8, 4) is 22.9 Å². The molecule has 1 N–H and O–H groups in total. The standard InChI is InChI=1S/C21H20ClN3O2S/c1-12-4-9-16-19(28-15-7-5-14(22)6-8-15)18(25-20(16)24-12)13-10-17(26-2)21(27-3)23-11-13/h5-12H,4H2,1-3H3,(H,24,25). The molecule has 0 spiro atoms. The number of benzene rings is 1. The molecule has 0 saturated carbocycles. The highest BCUT2D eigenvalue weighted by molar-refractivity contribution is 7.99. The predicted octanol–water partition coefficient (Wildman–Crippen LogP) is 4.09. The average Bonchev–Trinajstić information content (AvgIpc) is 3.06. The summed E-state index contributed by atoms with van der Waals surface area (Å²) in [5, 5.41) is 1.85. The molecule has 3 aromatic rings. The van der Waals surface area contributed by atoms with Gasteiger partial charge < -0.3 is 14.5 Å². The predicted molar refractivity (Wildman–Crippen MR) is 112 cm³/mol. The molecule has 1 aliphatic rings. The van der Waals surface area contributed by atoms with Gasteiger partial charge in [-0.1, -0.05) is 29.4 Å². The molecule has 3 heterocycles. The van der Waals surface area contributed by atoms with Crippen LogP contribution < -0.4 is 20.2 Å². The molecule has 0 radical (unpaired) electrons. The molecule has 1 unspecified atom stereocenters. The van der Waals surface area contributed by atoms with Crippen LogP contribution in [-0.2, 0) is 0 Å². The number of nitrogens with one attached hydrogen (secondary N) is 1. The van der Waals surface area contributed by atoms with Crippen molar-refractivity contribution in [3.63, 3.8) is 0 Å². The van der Waals surface area contributed by atoms with Gasteiger partial charge in [-0.05, 0) is 43.7 Å². The van der Waals surface area contributed by atoms with E-state index in [1.165, 1.54) is 0 Å². The molecule has 7 heteroatoms. The van der Waals surface area contributed by atoms with Gasteiger partial charge in [0.05, 0.1) is 26.0 Å². The minimum absolute atomic E-state index is 0.260. The van der Waals surface area contributed by atoms with E-state index in [9.17, 15) is 0 Å². The molecule has 2 aromatic heterocycles. The first kappa shape index (κ1) is 18.9. The van der Waals surface area contributed by atoms with Crippen molar-refractivity contribution in [2.75, 3.05) is 14.2 Å². The Morgan fingerprint density at radius 2 is 1.96 bits per heavy atom. The third kappa shape index (κ3) is 3.62. The number of halogens is 1. The second kappa shape index (κ2) is 7.89. The summed E-state index contributed by atoms with van der Waals surface area (Å²) in [6, 6.07) is 10.0. The summed E-state index contributed by atoms with van der Waals surface area (Å²) in [6.45, 7) is 2.12. The van der Waals surface area contributed by atoms with Gasteiger partial charge in [-0.25, -0.2) is 4.98 Å². The number of hydrogen-bond donors (Lipinski definition) is 1. The molecule has 144 valence electrons. The number of H-pyrrole nitrogens is 1. The van der Waals surface area contributed by atoms with E-state index in [-0.39, 0.29) is 6.04 Å². The monoisotopic (exact) mass is 413 g/mol. The molecule has 5 nitrogen and oxygen atoms in total. The Bertz CT molecular complexity index is 1130. The van der Waals surface area contributed by atoms with Crippen LogP contribution in [0.25, 0.3) is 17.3 Å². The van der Waals surface area contributed by atoms with Crippen molar-refractivity contribution in [1.29, 1.82) is 0 Å². The summed E-state index contributed by atoms with van der Waals surface area (Å²) in [7, 11) is 3.19. The highest BCUT2D eigenvalue weighted by atomic mass is 35.5. The summed E-state index contributed by atoms with van der Waals surface area (Å²) in [5.74, 6) is 1.05. The smallest absolute Gasteiger partial charge is 0.256 e. The minimum Gasteiger partial charge on any atom is -0.491 e. The fourth-order valence-corrected chi connectivity index (χ4v) is 4.33. The number of pyridine rings is 1.